The topological polar surface area (TPSA) is 73.4 Å². The van der Waals surface area contributed by atoms with Crippen molar-refractivity contribution in [1.29, 1.82) is 0 Å². The van der Waals surface area contributed by atoms with Crippen LogP contribution < -0.4 is 5.32 Å². The number of piperazine rings is 1. The number of H-pyrrole nitrogens is 1. The fourth-order valence-electron chi connectivity index (χ4n) is 5.01. The number of hydrogen-bond donors (Lipinski definition) is 3. The molecule has 5 rings (SSSR count). The van der Waals surface area contributed by atoms with Gasteiger partial charge < -0.3 is 20.1 Å². The van der Waals surface area contributed by atoms with E-state index in [0.29, 0.717) is 19.1 Å². The molecule has 2 saturated heterocycles. The Kier molecular flexibility index (Phi) is 5.19. The van der Waals surface area contributed by atoms with Gasteiger partial charge in [0.1, 0.15) is 6.23 Å². The molecule has 0 aliphatic carbocycles. The molecule has 6 nitrogen and oxygen atoms in total. The van der Waals surface area contributed by atoms with Crippen molar-refractivity contribution >= 4 is 21.6 Å². The van der Waals surface area contributed by atoms with E-state index in [4.69, 9.17) is 4.74 Å². The molecule has 2 aliphatic rings. The van der Waals surface area contributed by atoms with Crippen LogP contribution in [0.4, 0.5) is 0 Å². The zero-order valence-corrected chi connectivity index (χ0v) is 18.8. The molecule has 0 radical (unpaired) electrons. The Hall–Kier alpha value is -1.77. The second kappa shape index (κ2) is 7.73. The summed E-state index contributed by atoms with van der Waals surface area (Å²) in [5.74, 6) is 0.373. The minimum absolute atomic E-state index is 0.218. The lowest BCUT2D eigenvalue weighted by Gasteiger charge is -2.47. The molecule has 3 aromatic rings. The summed E-state index contributed by atoms with van der Waals surface area (Å²) in [4.78, 5) is 11.4. The van der Waals surface area contributed by atoms with Crippen LogP contribution in [0.15, 0.2) is 18.2 Å². The van der Waals surface area contributed by atoms with Crippen LogP contribution in [-0.4, -0.2) is 58.4 Å². The zero-order chi connectivity index (χ0) is 21.0. The number of aryl methyl sites for hydroxylation is 2. The van der Waals surface area contributed by atoms with E-state index in [1.807, 2.05) is 13.8 Å². The molecule has 3 aromatic heterocycles. The first-order valence-electron chi connectivity index (χ1n) is 10.8. The van der Waals surface area contributed by atoms with E-state index in [0.717, 1.165) is 34.9 Å². The summed E-state index contributed by atoms with van der Waals surface area (Å²) in [6, 6.07) is 6.86. The molecule has 0 spiro atoms. The molecule has 7 heteroatoms. The molecule has 3 unspecified atom stereocenters. The van der Waals surface area contributed by atoms with Crippen LogP contribution in [0.3, 0.4) is 0 Å². The number of nitrogens with zero attached hydrogens (tertiary/aromatic N) is 2. The maximum absolute atomic E-state index is 11.3. The number of aromatic amines is 1. The van der Waals surface area contributed by atoms with Gasteiger partial charge in [-0.2, -0.15) is 0 Å². The van der Waals surface area contributed by atoms with Gasteiger partial charge in [0.05, 0.1) is 34.0 Å². The molecule has 0 amide bonds. The number of ether oxygens (including phenoxy) is 1. The first-order valence-corrected chi connectivity index (χ1v) is 11.6. The number of aromatic nitrogens is 2. The second-order valence-electron chi connectivity index (χ2n) is 8.92. The van der Waals surface area contributed by atoms with Crippen molar-refractivity contribution < 1.29 is 9.84 Å². The highest BCUT2D eigenvalue weighted by Gasteiger charge is 2.39. The summed E-state index contributed by atoms with van der Waals surface area (Å²) < 4.78 is 6.98. The average molecular weight is 427 g/mol. The van der Waals surface area contributed by atoms with Crippen molar-refractivity contribution in [2.45, 2.75) is 51.9 Å². The first kappa shape index (κ1) is 20.2. The maximum atomic E-state index is 11.3. The van der Waals surface area contributed by atoms with Gasteiger partial charge in [-0.25, -0.2) is 0 Å². The van der Waals surface area contributed by atoms with E-state index in [1.165, 1.54) is 21.5 Å². The Balaban J connectivity index is 1.55. The highest BCUT2D eigenvalue weighted by molar-refractivity contribution is 7.19. The Morgan fingerprint density at radius 1 is 1.13 bits per heavy atom. The lowest BCUT2D eigenvalue weighted by molar-refractivity contribution is -0.140. The van der Waals surface area contributed by atoms with Crippen LogP contribution in [0.5, 0.6) is 0 Å². The summed E-state index contributed by atoms with van der Waals surface area (Å²) in [5.41, 5.74) is 6.84. The van der Waals surface area contributed by atoms with Crippen LogP contribution in [-0.2, 0) is 4.74 Å². The maximum Gasteiger partial charge on any atom is 0.143 e. The number of fused-ring (bicyclic) bond motifs is 3. The minimum atomic E-state index is -0.592. The van der Waals surface area contributed by atoms with E-state index in [9.17, 15) is 5.11 Å². The monoisotopic (exact) mass is 426 g/mol. The van der Waals surface area contributed by atoms with E-state index in [2.05, 4.69) is 52.2 Å². The first-order chi connectivity index (χ1) is 14.4. The van der Waals surface area contributed by atoms with Gasteiger partial charge in [-0.15, -0.1) is 11.3 Å². The number of thiophene rings is 1. The predicted molar refractivity (Wildman–Crippen MR) is 121 cm³/mol. The van der Waals surface area contributed by atoms with Crippen LogP contribution in [0.2, 0.25) is 0 Å². The molecule has 3 atom stereocenters. The minimum Gasteiger partial charge on any atom is -0.378 e. The van der Waals surface area contributed by atoms with Gasteiger partial charge >= 0.3 is 0 Å². The lowest BCUT2D eigenvalue weighted by Crippen LogP contribution is -2.64. The molecule has 5 heterocycles. The fraction of sp³-hybridized carbons (Fsp3) is 0.522. The van der Waals surface area contributed by atoms with Crippen LogP contribution in [0.25, 0.3) is 21.5 Å². The third kappa shape index (κ3) is 3.39. The third-order valence-electron chi connectivity index (χ3n) is 6.23. The van der Waals surface area contributed by atoms with Crippen LogP contribution in [0.1, 0.15) is 47.8 Å². The Morgan fingerprint density at radius 3 is 2.43 bits per heavy atom. The number of pyridine rings is 1. The summed E-state index contributed by atoms with van der Waals surface area (Å²) in [5, 5.41) is 14.8. The number of hydrogen-bond acceptors (Lipinski definition) is 6. The Morgan fingerprint density at radius 2 is 1.80 bits per heavy atom. The number of rotatable bonds is 4. The molecule has 0 saturated carbocycles. The summed E-state index contributed by atoms with van der Waals surface area (Å²) >= 11 is 1.72. The average Bonchev–Trinajstić information content (AvgIpc) is 3.23. The number of morpholine rings is 1. The van der Waals surface area contributed by atoms with Crippen molar-refractivity contribution in [2.75, 3.05) is 26.3 Å². The van der Waals surface area contributed by atoms with Gasteiger partial charge in [0, 0.05) is 42.1 Å². The normalized spacial score (nSPS) is 23.4. The van der Waals surface area contributed by atoms with Crippen LogP contribution in [0, 0.1) is 13.8 Å². The standard InChI is InChI=1S/C23H30N4O2S/c1-12(2)20-21(15-5-13(3)25-14(4)6-15)26-18-7-19(30-22(18)20)23(28)27-16-8-24-9-17(27)11-29-10-16/h5-7,12,16-17,23-24,26,28H,8-11H2,1-4H3. The molecule has 2 fully saturated rings. The SMILES string of the molecule is Cc1cc(-c2[nH]c3cc(C(O)N4C5CNCC4COC5)sc3c2C(C)C)cc(C)n1. The third-order valence-corrected chi connectivity index (χ3v) is 7.44. The van der Waals surface area contributed by atoms with Crippen molar-refractivity contribution in [1.82, 2.24) is 20.2 Å². The quantitative estimate of drug-likeness (QED) is 0.593. The van der Waals surface area contributed by atoms with Gasteiger partial charge in [0.15, 0.2) is 0 Å². The van der Waals surface area contributed by atoms with E-state index >= 15 is 0 Å². The fourth-order valence-corrected chi connectivity index (χ4v) is 6.31. The highest BCUT2D eigenvalue weighted by Crippen LogP contribution is 2.42. The molecule has 0 aromatic carbocycles. The van der Waals surface area contributed by atoms with Crippen molar-refractivity contribution in [3.8, 4) is 11.3 Å². The van der Waals surface area contributed by atoms with E-state index in [1.54, 1.807) is 11.3 Å². The van der Waals surface area contributed by atoms with Gasteiger partial charge in [0.25, 0.3) is 0 Å². The van der Waals surface area contributed by atoms with E-state index < -0.39 is 6.23 Å². The van der Waals surface area contributed by atoms with Crippen LogP contribution >= 0.6 is 11.3 Å². The number of aliphatic hydroxyl groups is 1. The summed E-state index contributed by atoms with van der Waals surface area (Å²) in [6.45, 7) is 11.6. The van der Waals surface area contributed by atoms with E-state index in [-0.39, 0.29) is 12.1 Å². The molecule has 160 valence electrons. The van der Waals surface area contributed by atoms with Gasteiger partial charge in [-0.3, -0.25) is 9.88 Å². The molecule has 3 N–H and O–H groups in total. The van der Waals surface area contributed by atoms with Gasteiger partial charge in [0.2, 0.25) is 0 Å². The van der Waals surface area contributed by atoms with Gasteiger partial charge in [-0.1, -0.05) is 13.8 Å². The van der Waals surface area contributed by atoms with Gasteiger partial charge in [-0.05, 0) is 43.5 Å². The lowest BCUT2D eigenvalue weighted by atomic mass is 9.99. The highest BCUT2D eigenvalue weighted by atomic mass is 32.1. The molecular formula is C23H30N4O2S. The second-order valence-corrected chi connectivity index (χ2v) is 10.0. The Labute approximate surface area is 181 Å². The summed E-state index contributed by atoms with van der Waals surface area (Å²) in [7, 11) is 0. The molecular weight excluding hydrogens is 396 g/mol. The smallest absolute Gasteiger partial charge is 0.143 e. The van der Waals surface area contributed by atoms with Crippen molar-refractivity contribution in [3.63, 3.8) is 0 Å². The molecule has 2 aliphatic heterocycles. The number of aliphatic hydroxyl groups excluding tert-OH is 1. The predicted octanol–water partition coefficient (Wildman–Crippen LogP) is 3.70. The zero-order valence-electron chi connectivity index (χ0n) is 18.0. The Bertz CT molecular complexity index is 1030. The van der Waals surface area contributed by atoms with Crippen molar-refractivity contribution in [3.05, 3.63) is 40.0 Å². The molecule has 2 bridgehead atoms. The summed E-state index contributed by atoms with van der Waals surface area (Å²) in [6.07, 6.45) is -0.592. The van der Waals surface area contributed by atoms with Crippen molar-refractivity contribution in [2.24, 2.45) is 0 Å². The molecule has 30 heavy (non-hydrogen) atoms. The largest absolute Gasteiger partial charge is 0.378 e. The number of nitrogens with one attached hydrogen (secondary N) is 2.